The second kappa shape index (κ2) is 4.45. The maximum atomic E-state index is 10.7. The molecule has 0 radical (unpaired) electrons. The van der Waals surface area contributed by atoms with Gasteiger partial charge in [-0.05, 0) is 12.3 Å². The molecule has 0 bridgehead atoms. The molecule has 0 saturated carbocycles. The molecular formula is C9H18O3. The fraction of sp³-hybridized carbons (Fsp3) is 0.889. The lowest BCUT2D eigenvalue weighted by Gasteiger charge is -2.26. The van der Waals surface area contributed by atoms with Crippen molar-refractivity contribution >= 4 is 5.97 Å². The van der Waals surface area contributed by atoms with E-state index in [0.717, 1.165) is 0 Å². The van der Waals surface area contributed by atoms with Crippen LogP contribution < -0.4 is 0 Å². The first-order valence-electron chi connectivity index (χ1n) is 4.06. The van der Waals surface area contributed by atoms with Crippen molar-refractivity contribution in [1.82, 2.24) is 0 Å². The number of methoxy groups -OCH3 is 1. The highest BCUT2D eigenvalue weighted by atomic mass is 16.6. The van der Waals surface area contributed by atoms with E-state index in [4.69, 9.17) is 4.74 Å². The molecule has 1 atom stereocenters. The summed E-state index contributed by atoms with van der Waals surface area (Å²) in [6.07, 6.45) is 0.0524. The summed E-state index contributed by atoms with van der Waals surface area (Å²) in [6.45, 7) is 8.18. The topological polar surface area (TPSA) is 35.5 Å². The monoisotopic (exact) mass is 174 g/mol. The third-order valence-electron chi connectivity index (χ3n) is 1.90. The highest BCUT2D eigenvalue weighted by molar-refractivity contribution is 5.70. The van der Waals surface area contributed by atoms with Crippen molar-refractivity contribution in [1.29, 1.82) is 0 Å². The van der Waals surface area contributed by atoms with Crippen molar-refractivity contribution in [2.45, 2.75) is 33.8 Å². The third-order valence-corrected chi connectivity index (χ3v) is 1.90. The zero-order chi connectivity index (χ0) is 9.78. The molecule has 0 aromatic carbocycles. The van der Waals surface area contributed by atoms with E-state index in [2.05, 4.69) is 25.5 Å². The van der Waals surface area contributed by atoms with E-state index in [0.29, 0.717) is 0 Å². The van der Waals surface area contributed by atoms with Crippen molar-refractivity contribution in [3.63, 3.8) is 0 Å². The fourth-order valence-electron chi connectivity index (χ4n) is 0.502. The summed E-state index contributed by atoms with van der Waals surface area (Å²) in [5, 5.41) is 0. The Hall–Kier alpha value is -0.570. The van der Waals surface area contributed by atoms with E-state index in [9.17, 15) is 4.79 Å². The van der Waals surface area contributed by atoms with E-state index in [1.54, 1.807) is 0 Å². The maximum absolute atomic E-state index is 10.7. The van der Waals surface area contributed by atoms with Gasteiger partial charge >= 0.3 is 5.97 Å². The third kappa shape index (κ3) is 4.34. The van der Waals surface area contributed by atoms with E-state index in [1.807, 2.05) is 6.92 Å². The van der Waals surface area contributed by atoms with Gasteiger partial charge in [-0.1, -0.05) is 20.8 Å². The zero-order valence-electron chi connectivity index (χ0n) is 8.51. The number of rotatable bonds is 3. The Morgan fingerprint density at radius 2 is 1.92 bits per heavy atom. The van der Waals surface area contributed by atoms with Crippen molar-refractivity contribution in [2.75, 3.05) is 13.7 Å². The Balaban J connectivity index is 3.72. The SMILES string of the molecule is COC(=O)COC(C)C(C)(C)C. The van der Waals surface area contributed by atoms with E-state index in [-0.39, 0.29) is 24.1 Å². The summed E-state index contributed by atoms with van der Waals surface area (Å²) < 4.78 is 9.73. The van der Waals surface area contributed by atoms with Crippen LogP contribution in [0.25, 0.3) is 0 Å². The van der Waals surface area contributed by atoms with Gasteiger partial charge in [0, 0.05) is 0 Å². The number of hydrogen-bond acceptors (Lipinski definition) is 3. The highest BCUT2D eigenvalue weighted by Gasteiger charge is 2.21. The quantitative estimate of drug-likeness (QED) is 0.610. The summed E-state index contributed by atoms with van der Waals surface area (Å²) in [5.41, 5.74) is 0.0635. The Labute approximate surface area is 74.0 Å². The molecule has 0 spiro atoms. The van der Waals surface area contributed by atoms with Crippen LogP contribution >= 0.6 is 0 Å². The molecule has 12 heavy (non-hydrogen) atoms. The molecule has 0 aromatic rings. The van der Waals surface area contributed by atoms with Crippen LogP contribution in [0.2, 0.25) is 0 Å². The number of carbonyl (C=O) groups excluding carboxylic acids is 1. The smallest absolute Gasteiger partial charge is 0.331 e. The second-order valence-corrected chi connectivity index (χ2v) is 3.90. The first-order valence-corrected chi connectivity index (χ1v) is 4.06. The molecule has 0 aliphatic carbocycles. The molecule has 0 heterocycles. The first kappa shape index (κ1) is 11.4. The van der Waals surface area contributed by atoms with Crippen LogP contribution in [0.1, 0.15) is 27.7 Å². The van der Waals surface area contributed by atoms with Crippen LogP contribution in [0.5, 0.6) is 0 Å². The molecule has 0 amide bonds. The average molecular weight is 174 g/mol. The van der Waals surface area contributed by atoms with Crippen LogP contribution in [0, 0.1) is 5.41 Å². The predicted octanol–water partition coefficient (Wildman–Crippen LogP) is 1.61. The van der Waals surface area contributed by atoms with Gasteiger partial charge in [-0.25, -0.2) is 4.79 Å². The molecule has 0 aromatic heterocycles. The largest absolute Gasteiger partial charge is 0.467 e. The summed E-state index contributed by atoms with van der Waals surface area (Å²) in [7, 11) is 1.35. The van der Waals surface area contributed by atoms with Gasteiger partial charge in [0.1, 0.15) is 6.61 Å². The summed E-state index contributed by atoms with van der Waals surface area (Å²) in [4.78, 5) is 10.7. The van der Waals surface area contributed by atoms with Crippen LogP contribution in [-0.4, -0.2) is 25.8 Å². The lowest BCUT2D eigenvalue weighted by molar-refractivity contribution is -0.149. The van der Waals surface area contributed by atoms with Crippen molar-refractivity contribution in [3.8, 4) is 0 Å². The van der Waals surface area contributed by atoms with Gasteiger partial charge in [0.05, 0.1) is 13.2 Å². The standard InChI is InChI=1S/C9H18O3/c1-7(9(2,3)4)12-6-8(10)11-5/h7H,6H2,1-5H3. The van der Waals surface area contributed by atoms with Crippen LogP contribution in [0.4, 0.5) is 0 Å². The molecule has 3 nitrogen and oxygen atoms in total. The molecule has 0 rings (SSSR count). The minimum atomic E-state index is -0.328. The predicted molar refractivity (Wildman–Crippen MR) is 46.9 cm³/mol. The summed E-state index contributed by atoms with van der Waals surface area (Å²) >= 11 is 0. The molecule has 3 heteroatoms. The van der Waals surface area contributed by atoms with E-state index >= 15 is 0 Å². The van der Waals surface area contributed by atoms with Gasteiger partial charge in [-0.15, -0.1) is 0 Å². The van der Waals surface area contributed by atoms with Crippen LogP contribution in [0.15, 0.2) is 0 Å². The van der Waals surface area contributed by atoms with Gasteiger partial charge in [-0.2, -0.15) is 0 Å². The molecular weight excluding hydrogens is 156 g/mol. The number of esters is 1. The van der Waals surface area contributed by atoms with Crippen LogP contribution in [0.3, 0.4) is 0 Å². The molecule has 72 valence electrons. The van der Waals surface area contributed by atoms with Gasteiger partial charge in [0.15, 0.2) is 0 Å². The Morgan fingerprint density at radius 1 is 1.42 bits per heavy atom. The van der Waals surface area contributed by atoms with Crippen molar-refractivity contribution in [2.24, 2.45) is 5.41 Å². The number of ether oxygens (including phenoxy) is 2. The maximum Gasteiger partial charge on any atom is 0.331 e. The number of hydrogen-bond donors (Lipinski definition) is 0. The normalized spacial score (nSPS) is 14.1. The Bertz CT molecular complexity index is 146. The van der Waals surface area contributed by atoms with Crippen molar-refractivity contribution < 1.29 is 14.3 Å². The van der Waals surface area contributed by atoms with E-state index < -0.39 is 0 Å². The lowest BCUT2D eigenvalue weighted by atomic mass is 9.90. The summed E-state index contributed by atoms with van der Waals surface area (Å²) in [6, 6.07) is 0. The average Bonchev–Trinajstić information content (AvgIpc) is 1.97. The summed E-state index contributed by atoms with van der Waals surface area (Å²) in [5.74, 6) is -0.328. The van der Waals surface area contributed by atoms with Gasteiger partial charge in [0.25, 0.3) is 0 Å². The Morgan fingerprint density at radius 3 is 2.25 bits per heavy atom. The molecule has 0 N–H and O–H groups in total. The first-order chi connectivity index (χ1) is 5.38. The van der Waals surface area contributed by atoms with Crippen LogP contribution in [-0.2, 0) is 14.3 Å². The van der Waals surface area contributed by atoms with Gasteiger partial charge < -0.3 is 9.47 Å². The Kier molecular flexibility index (Phi) is 4.24. The molecule has 0 saturated heterocycles. The van der Waals surface area contributed by atoms with E-state index in [1.165, 1.54) is 7.11 Å². The highest BCUT2D eigenvalue weighted by Crippen LogP contribution is 2.21. The molecule has 0 fully saturated rings. The molecule has 0 aliphatic heterocycles. The molecule has 1 unspecified atom stereocenters. The van der Waals surface area contributed by atoms with Crippen molar-refractivity contribution in [3.05, 3.63) is 0 Å². The minimum Gasteiger partial charge on any atom is -0.467 e. The molecule has 0 aliphatic rings. The number of carbonyl (C=O) groups is 1. The van der Waals surface area contributed by atoms with Gasteiger partial charge in [0.2, 0.25) is 0 Å². The minimum absolute atomic E-state index is 0.0366. The van der Waals surface area contributed by atoms with Gasteiger partial charge in [-0.3, -0.25) is 0 Å². The fourth-order valence-corrected chi connectivity index (χ4v) is 0.502. The zero-order valence-corrected chi connectivity index (χ0v) is 8.51. The second-order valence-electron chi connectivity index (χ2n) is 3.90. The lowest BCUT2D eigenvalue weighted by Crippen LogP contribution is -2.28.